The molecular weight excluding hydrogens is 394 g/mol. The van der Waals surface area contributed by atoms with E-state index in [2.05, 4.69) is 10.6 Å². The van der Waals surface area contributed by atoms with Gasteiger partial charge in [-0.15, -0.1) is 0 Å². The quantitative estimate of drug-likeness (QED) is 0.170. The molecule has 0 saturated heterocycles. The molecule has 0 atom stereocenters. The van der Waals surface area contributed by atoms with Crippen LogP contribution in [0.2, 0.25) is 0 Å². The minimum atomic E-state index is -0.0473. The third-order valence-corrected chi connectivity index (χ3v) is 2.80. The van der Waals surface area contributed by atoms with E-state index in [9.17, 15) is 9.59 Å². The van der Waals surface area contributed by atoms with E-state index in [1.807, 2.05) is 39.8 Å². The molecule has 10 heteroatoms. The van der Waals surface area contributed by atoms with Crippen LogP contribution in [0.15, 0.2) is 0 Å². The maximum absolute atomic E-state index is 10.6. The summed E-state index contributed by atoms with van der Waals surface area (Å²) in [5, 5.41) is 5.14. The lowest BCUT2D eigenvalue weighted by atomic mass is 10.6. The zero-order valence-electron chi connectivity index (χ0n) is 19.9. The number of carbonyl (C=O) groups excluding carboxylic acids is 2. The fourth-order valence-electron chi connectivity index (χ4n) is 1.54. The van der Waals surface area contributed by atoms with Crippen LogP contribution in [-0.4, -0.2) is 111 Å². The molecular formula is C20H45N3O7. The Morgan fingerprint density at radius 3 is 1.50 bits per heavy atom. The van der Waals surface area contributed by atoms with E-state index in [4.69, 9.17) is 23.7 Å². The first-order valence-corrected chi connectivity index (χ1v) is 10.5. The van der Waals surface area contributed by atoms with Gasteiger partial charge in [0.2, 0.25) is 12.3 Å². The molecule has 0 bridgehead atoms. The maximum atomic E-state index is 10.6. The van der Waals surface area contributed by atoms with Crippen LogP contribution in [0.25, 0.3) is 0 Å². The van der Waals surface area contributed by atoms with Crippen molar-refractivity contribution in [2.45, 2.75) is 27.7 Å². The van der Waals surface area contributed by atoms with Gasteiger partial charge >= 0.3 is 0 Å². The van der Waals surface area contributed by atoms with E-state index >= 15 is 0 Å². The van der Waals surface area contributed by atoms with Crippen molar-refractivity contribution in [2.24, 2.45) is 0 Å². The molecule has 0 unspecified atom stereocenters. The van der Waals surface area contributed by atoms with Gasteiger partial charge in [0, 0.05) is 20.1 Å². The lowest BCUT2D eigenvalue weighted by Crippen LogP contribution is -2.26. The molecule has 0 aliphatic heterocycles. The first kappa shape index (κ1) is 33.3. The molecule has 30 heavy (non-hydrogen) atoms. The van der Waals surface area contributed by atoms with Crippen LogP contribution in [0.4, 0.5) is 0 Å². The average molecular weight is 440 g/mol. The van der Waals surface area contributed by atoms with E-state index in [0.29, 0.717) is 85.7 Å². The molecule has 0 saturated carbocycles. The van der Waals surface area contributed by atoms with Crippen LogP contribution in [-0.2, 0) is 33.3 Å². The highest BCUT2D eigenvalue weighted by Gasteiger charge is 1.94. The Bertz CT molecular complexity index is 336. The van der Waals surface area contributed by atoms with E-state index in [-0.39, 0.29) is 5.91 Å². The summed E-state index contributed by atoms with van der Waals surface area (Å²) < 4.78 is 26.3. The molecule has 182 valence electrons. The summed E-state index contributed by atoms with van der Waals surface area (Å²) in [6.45, 7) is 14.3. The van der Waals surface area contributed by atoms with Gasteiger partial charge in [0.15, 0.2) is 0 Å². The molecule has 0 aliphatic carbocycles. The van der Waals surface area contributed by atoms with Crippen molar-refractivity contribution in [1.82, 2.24) is 15.5 Å². The Kier molecular flexibility index (Phi) is 36.0. The van der Waals surface area contributed by atoms with Gasteiger partial charge in [0.25, 0.3) is 0 Å². The predicted molar refractivity (Wildman–Crippen MR) is 118 cm³/mol. The fraction of sp³-hybridized carbons (Fsp3) is 0.900. The van der Waals surface area contributed by atoms with Gasteiger partial charge in [0.05, 0.1) is 66.1 Å². The molecule has 0 aromatic carbocycles. The van der Waals surface area contributed by atoms with Crippen LogP contribution in [0, 0.1) is 0 Å². The van der Waals surface area contributed by atoms with Gasteiger partial charge in [-0.1, -0.05) is 13.8 Å². The monoisotopic (exact) mass is 439 g/mol. The highest BCUT2D eigenvalue weighted by Crippen LogP contribution is 1.83. The first-order valence-electron chi connectivity index (χ1n) is 10.5. The lowest BCUT2D eigenvalue weighted by Gasteiger charge is -2.07. The zero-order valence-corrected chi connectivity index (χ0v) is 19.9. The van der Waals surface area contributed by atoms with Gasteiger partial charge in [-0.2, -0.15) is 0 Å². The third-order valence-electron chi connectivity index (χ3n) is 2.80. The summed E-state index contributed by atoms with van der Waals surface area (Å²) >= 11 is 0. The van der Waals surface area contributed by atoms with Crippen LogP contribution in [0.3, 0.4) is 0 Å². The second-order valence-electron chi connectivity index (χ2n) is 5.69. The summed E-state index contributed by atoms with van der Waals surface area (Å²) in [4.78, 5) is 22.0. The second kappa shape index (κ2) is 32.4. The SMILES string of the molecule is CC.CCOCCOCCOCCOCCOCCNC(C)=O.CN(C)CNC=O. The number of rotatable bonds is 19. The molecule has 0 fully saturated rings. The predicted octanol–water partition coefficient (Wildman–Crippen LogP) is 0.503. The molecule has 0 spiro atoms. The molecule has 0 aliphatic rings. The number of hydrogen-bond donors (Lipinski definition) is 2. The van der Waals surface area contributed by atoms with Crippen molar-refractivity contribution in [1.29, 1.82) is 0 Å². The molecule has 2 amide bonds. The van der Waals surface area contributed by atoms with Crippen LogP contribution in [0.5, 0.6) is 0 Å². The molecule has 2 N–H and O–H groups in total. The van der Waals surface area contributed by atoms with Crippen molar-refractivity contribution >= 4 is 12.3 Å². The molecule has 0 rings (SSSR count). The van der Waals surface area contributed by atoms with E-state index in [1.165, 1.54) is 6.92 Å². The normalized spacial score (nSPS) is 9.83. The largest absolute Gasteiger partial charge is 0.379 e. The summed E-state index contributed by atoms with van der Waals surface area (Å²) in [5.41, 5.74) is 0. The number of nitrogens with one attached hydrogen (secondary N) is 2. The summed E-state index contributed by atoms with van der Waals surface area (Å²) in [6.07, 6.45) is 0.681. The van der Waals surface area contributed by atoms with E-state index in [0.717, 1.165) is 0 Å². The van der Waals surface area contributed by atoms with E-state index in [1.54, 1.807) is 0 Å². The molecule has 0 aromatic heterocycles. The number of amides is 2. The summed E-state index contributed by atoms with van der Waals surface area (Å²) in [7, 11) is 3.77. The Morgan fingerprint density at radius 1 is 0.800 bits per heavy atom. The highest BCUT2D eigenvalue weighted by molar-refractivity contribution is 5.72. The van der Waals surface area contributed by atoms with Crippen molar-refractivity contribution in [2.75, 3.05) is 93.4 Å². The Balaban J connectivity index is -0.000000680. The second-order valence-corrected chi connectivity index (χ2v) is 5.69. The van der Waals surface area contributed by atoms with Crippen molar-refractivity contribution in [3.63, 3.8) is 0 Å². The minimum Gasteiger partial charge on any atom is -0.379 e. The Labute approximate surface area is 182 Å². The van der Waals surface area contributed by atoms with Gasteiger partial charge in [0.1, 0.15) is 0 Å². The van der Waals surface area contributed by atoms with Crippen molar-refractivity contribution < 1.29 is 33.3 Å². The van der Waals surface area contributed by atoms with Gasteiger partial charge in [-0.3, -0.25) is 14.5 Å². The fourth-order valence-corrected chi connectivity index (χ4v) is 1.54. The molecule has 0 aromatic rings. The first-order chi connectivity index (χ1) is 14.5. The van der Waals surface area contributed by atoms with E-state index < -0.39 is 0 Å². The lowest BCUT2D eigenvalue weighted by molar-refractivity contribution is -0.119. The van der Waals surface area contributed by atoms with Gasteiger partial charge in [-0.05, 0) is 21.0 Å². The van der Waals surface area contributed by atoms with Crippen LogP contribution < -0.4 is 10.6 Å². The van der Waals surface area contributed by atoms with Crippen LogP contribution in [0.1, 0.15) is 27.7 Å². The molecule has 0 heterocycles. The van der Waals surface area contributed by atoms with Gasteiger partial charge < -0.3 is 34.3 Å². The summed E-state index contributed by atoms with van der Waals surface area (Å²) in [5.74, 6) is -0.0473. The number of carbonyl (C=O) groups is 2. The number of nitrogens with zero attached hydrogens (tertiary/aromatic N) is 1. The molecule has 10 nitrogen and oxygen atoms in total. The molecule has 0 radical (unpaired) electrons. The average Bonchev–Trinajstić information content (AvgIpc) is 2.73. The van der Waals surface area contributed by atoms with Crippen LogP contribution >= 0.6 is 0 Å². The highest BCUT2D eigenvalue weighted by atomic mass is 16.6. The Hall–Kier alpha value is -1.30. The maximum Gasteiger partial charge on any atom is 0.216 e. The topological polar surface area (TPSA) is 108 Å². The van der Waals surface area contributed by atoms with Crippen molar-refractivity contribution in [3.8, 4) is 0 Å². The Morgan fingerprint density at radius 2 is 1.20 bits per heavy atom. The summed E-state index contributed by atoms with van der Waals surface area (Å²) in [6, 6.07) is 0. The van der Waals surface area contributed by atoms with Crippen molar-refractivity contribution in [3.05, 3.63) is 0 Å². The number of ether oxygens (including phenoxy) is 5. The minimum absolute atomic E-state index is 0.0473. The zero-order chi connectivity index (χ0) is 23.3. The van der Waals surface area contributed by atoms with Gasteiger partial charge in [-0.25, -0.2) is 0 Å². The number of hydrogen-bond acceptors (Lipinski definition) is 8. The smallest absolute Gasteiger partial charge is 0.216 e. The third kappa shape index (κ3) is 41.2. The standard InChI is InChI=1S/C14H29NO6.C4H10N2O.C2H6/c1-3-17-6-7-19-10-11-21-13-12-20-9-8-18-5-4-15-14(2)16;1-6(2)3-5-4-7;1-2/h3-13H2,1-2H3,(H,15,16);4H,3H2,1-2H3,(H,5,7);1-2H3.